The van der Waals surface area contributed by atoms with Crippen LogP contribution in [0, 0.1) is 0 Å². The van der Waals surface area contributed by atoms with Crippen LogP contribution in [0.3, 0.4) is 0 Å². The van der Waals surface area contributed by atoms with Crippen molar-refractivity contribution in [2.45, 2.75) is 13.2 Å². The molecule has 0 bridgehead atoms. The normalized spacial score (nSPS) is 15.1. The van der Waals surface area contributed by atoms with Crippen molar-refractivity contribution in [1.82, 2.24) is 9.80 Å². The Morgan fingerprint density at radius 3 is 2.43 bits per heavy atom. The van der Waals surface area contributed by atoms with Gasteiger partial charge < -0.3 is 9.64 Å². The van der Waals surface area contributed by atoms with Crippen molar-refractivity contribution in [3.05, 3.63) is 62.0 Å². The van der Waals surface area contributed by atoms with Gasteiger partial charge in [0.1, 0.15) is 5.75 Å². The van der Waals surface area contributed by atoms with E-state index in [1.165, 1.54) is 12.1 Å². The second-order valence-electron chi connectivity index (χ2n) is 6.34. The predicted molar refractivity (Wildman–Crippen MR) is 108 cm³/mol. The summed E-state index contributed by atoms with van der Waals surface area (Å²) in [4.78, 5) is 16.7. The standard InChI is InChI=1S/C19H17BrCl2F2N2O2/c20-13-2-4-17(28-19(23)24)14(10-13)18(27)26-7-5-25(6-8-26)11-12-1-3-15(21)16(22)9-12/h1-4,9-10,19H,5-8,11H2. The fraction of sp³-hybridized carbons (Fsp3) is 0.316. The molecule has 1 fully saturated rings. The van der Waals surface area contributed by atoms with Crippen LogP contribution >= 0.6 is 39.1 Å². The first-order valence-electron chi connectivity index (χ1n) is 8.53. The van der Waals surface area contributed by atoms with E-state index in [0.29, 0.717) is 47.2 Å². The molecule has 0 N–H and O–H groups in total. The van der Waals surface area contributed by atoms with Gasteiger partial charge >= 0.3 is 6.61 Å². The highest BCUT2D eigenvalue weighted by Gasteiger charge is 2.25. The molecule has 0 spiro atoms. The van der Waals surface area contributed by atoms with Gasteiger partial charge in [-0.1, -0.05) is 45.2 Å². The zero-order valence-electron chi connectivity index (χ0n) is 14.7. The van der Waals surface area contributed by atoms with Crippen LogP contribution < -0.4 is 4.74 Å². The number of benzene rings is 2. The first kappa shape index (κ1) is 21.3. The monoisotopic (exact) mass is 492 g/mol. The third-order valence-corrected chi connectivity index (χ3v) is 5.67. The lowest BCUT2D eigenvalue weighted by molar-refractivity contribution is -0.0503. The van der Waals surface area contributed by atoms with Crippen molar-refractivity contribution in [2.75, 3.05) is 26.2 Å². The van der Waals surface area contributed by atoms with E-state index in [-0.39, 0.29) is 17.2 Å². The quantitative estimate of drug-likeness (QED) is 0.565. The average molecular weight is 494 g/mol. The molecule has 3 rings (SSSR count). The van der Waals surface area contributed by atoms with Crippen molar-refractivity contribution >= 4 is 45.0 Å². The van der Waals surface area contributed by atoms with E-state index in [1.807, 2.05) is 12.1 Å². The molecule has 4 nitrogen and oxygen atoms in total. The molecule has 150 valence electrons. The van der Waals surface area contributed by atoms with Crippen LogP contribution in [0.1, 0.15) is 15.9 Å². The number of nitrogens with zero attached hydrogens (tertiary/aromatic N) is 2. The summed E-state index contributed by atoms with van der Waals surface area (Å²) in [6, 6.07) is 9.94. The number of hydrogen-bond acceptors (Lipinski definition) is 3. The van der Waals surface area contributed by atoms with E-state index in [9.17, 15) is 13.6 Å². The Kier molecular flexibility index (Phi) is 7.15. The molecule has 0 aliphatic carbocycles. The van der Waals surface area contributed by atoms with Crippen LogP contribution in [0.15, 0.2) is 40.9 Å². The van der Waals surface area contributed by atoms with Gasteiger partial charge in [-0.2, -0.15) is 8.78 Å². The molecular formula is C19H17BrCl2F2N2O2. The summed E-state index contributed by atoms with van der Waals surface area (Å²) in [7, 11) is 0. The van der Waals surface area contributed by atoms with Gasteiger partial charge in [0.2, 0.25) is 0 Å². The van der Waals surface area contributed by atoms with Gasteiger partial charge in [-0.05, 0) is 35.9 Å². The molecule has 0 saturated carbocycles. The van der Waals surface area contributed by atoms with E-state index in [0.717, 1.165) is 5.56 Å². The Labute approximate surface area is 180 Å². The molecule has 1 aliphatic rings. The van der Waals surface area contributed by atoms with Crippen LogP contribution in [0.5, 0.6) is 5.75 Å². The van der Waals surface area contributed by atoms with Crippen LogP contribution in [0.2, 0.25) is 10.0 Å². The first-order chi connectivity index (χ1) is 13.3. The van der Waals surface area contributed by atoms with Crippen molar-refractivity contribution in [1.29, 1.82) is 0 Å². The summed E-state index contributed by atoms with van der Waals surface area (Å²) in [5.74, 6) is -0.451. The largest absolute Gasteiger partial charge is 0.434 e. The van der Waals surface area contributed by atoms with Crippen molar-refractivity contribution in [2.24, 2.45) is 0 Å². The molecular weight excluding hydrogens is 477 g/mol. The Balaban J connectivity index is 1.64. The first-order valence-corrected chi connectivity index (χ1v) is 10.1. The summed E-state index contributed by atoms with van der Waals surface area (Å²) in [6.45, 7) is -0.0107. The number of hydrogen-bond donors (Lipinski definition) is 0. The summed E-state index contributed by atoms with van der Waals surface area (Å²) in [6.07, 6.45) is 0. The van der Waals surface area contributed by atoms with Crippen LogP contribution in [0.25, 0.3) is 0 Å². The van der Waals surface area contributed by atoms with Gasteiger partial charge in [0, 0.05) is 37.2 Å². The van der Waals surface area contributed by atoms with E-state index < -0.39 is 6.61 Å². The number of amides is 1. The molecule has 0 atom stereocenters. The van der Waals surface area contributed by atoms with Crippen LogP contribution in [-0.2, 0) is 6.54 Å². The molecule has 2 aromatic rings. The molecule has 0 aromatic heterocycles. The molecule has 9 heteroatoms. The number of rotatable bonds is 5. The van der Waals surface area contributed by atoms with Gasteiger partial charge in [-0.3, -0.25) is 9.69 Å². The maximum atomic E-state index is 12.8. The molecule has 1 heterocycles. The summed E-state index contributed by atoms with van der Waals surface area (Å²) in [5.41, 5.74) is 1.15. The van der Waals surface area contributed by atoms with Gasteiger partial charge in [0.05, 0.1) is 15.6 Å². The molecule has 2 aromatic carbocycles. The van der Waals surface area contributed by atoms with Crippen LogP contribution in [-0.4, -0.2) is 48.5 Å². The maximum Gasteiger partial charge on any atom is 0.387 e. The van der Waals surface area contributed by atoms with Crippen molar-refractivity contribution in [3.63, 3.8) is 0 Å². The molecule has 1 saturated heterocycles. The highest BCUT2D eigenvalue weighted by atomic mass is 79.9. The zero-order chi connectivity index (χ0) is 20.3. The zero-order valence-corrected chi connectivity index (χ0v) is 17.8. The molecule has 0 unspecified atom stereocenters. The number of piperazine rings is 1. The molecule has 1 amide bonds. The highest BCUT2D eigenvalue weighted by Crippen LogP contribution is 2.27. The molecule has 28 heavy (non-hydrogen) atoms. The van der Waals surface area contributed by atoms with Crippen molar-refractivity contribution < 1.29 is 18.3 Å². The van der Waals surface area contributed by atoms with Gasteiger partial charge in [0.25, 0.3) is 5.91 Å². The van der Waals surface area contributed by atoms with E-state index >= 15 is 0 Å². The van der Waals surface area contributed by atoms with E-state index in [4.69, 9.17) is 23.2 Å². The number of carbonyl (C=O) groups excluding carboxylic acids is 1. The second kappa shape index (κ2) is 9.39. The smallest absolute Gasteiger partial charge is 0.387 e. The van der Waals surface area contributed by atoms with Gasteiger partial charge in [0.15, 0.2) is 0 Å². The van der Waals surface area contributed by atoms with Gasteiger partial charge in [-0.15, -0.1) is 0 Å². The lowest BCUT2D eigenvalue weighted by Crippen LogP contribution is -2.48. The lowest BCUT2D eigenvalue weighted by Gasteiger charge is -2.35. The Bertz CT molecular complexity index is 862. The van der Waals surface area contributed by atoms with Gasteiger partial charge in [-0.25, -0.2) is 0 Å². The Morgan fingerprint density at radius 2 is 1.79 bits per heavy atom. The molecule has 0 radical (unpaired) electrons. The minimum Gasteiger partial charge on any atom is -0.434 e. The van der Waals surface area contributed by atoms with Crippen LogP contribution in [0.4, 0.5) is 8.78 Å². The fourth-order valence-electron chi connectivity index (χ4n) is 3.04. The number of alkyl halides is 2. The summed E-state index contributed by atoms with van der Waals surface area (Å²) >= 11 is 15.3. The predicted octanol–water partition coefficient (Wildman–Crippen LogP) is 5.32. The lowest BCUT2D eigenvalue weighted by atomic mass is 10.1. The second-order valence-corrected chi connectivity index (χ2v) is 8.07. The average Bonchev–Trinajstić information content (AvgIpc) is 2.66. The fourth-order valence-corrected chi connectivity index (χ4v) is 3.73. The highest BCUT2D eigenvalue weighted by molar-refractivity contribution is 9.10. The van der Waals surface area contributed by atoms with E-state index in [1.54, 1.807) is 17.0 Å². The summed E-state index contributed by atoms with van der Waals surface area (Å²) in [5, 5.41) is 1.02. The summed E-state index contributed by atoms with van der Waals surface area (Å²) < 4.78 is 30.4. The SMILES string of the molecule is O=C(c1cc(Br)ccc1OC(F)F)N1CCN(Cc2ccc(Cl)c(Cl)c2)CC1. The van der Waals surface area contributed by atoms with Crippen molar-refractivity contribution in [3.8, 4) is 5.75 Å². The minimum absolute atomic E-state index is 0.118. The number of ether oxygens (including phenoxy) is 1. The number of halogens is 5. The Morgan fingerprint density at radius 1 is 1.07 bits per heavy atom. The third-order valence-electron chi connectivity index (χ3n) is 4.44. The molecule has 1 aliphatic heterocycles. The minimum atomic E-state index is -2.99. The topological polar surface area (TPSA) is 32.8 Å². The third kappa shape index (κ3) is 5.35. The number of carbonyl (C=O) groups is 1. The maximum absolute atomic E-state index is 12.8. The Hall–Kier alpha value is -1.41. The van der Waals surface area contributed by atoms with E-state index in [2.05, 4.69) is 25.6 Å².